The molecule has 0 aliphatic heterocycles. The zero-order valence-electron chi connectivity index (χ0n) is 19.8. The molecule has 10 nitrogen and oxygen atoms in total. The highest BCUT2D eigenvalue weighted by molar-refractivity contribution is 7.99. The summed E-state index contributed by atoms with van der Waals surface area (Å²) in [5, 5.41) is 22.7. The van der Waals surface area contributed by atoms with Gasteiger partial charge in [0.25, 0.3) is 11.7 Å². The Labute approximate surface area is 217 Å². The molecule has 37 heavy (non-hydrogen) atoms. The fourth-order valence-electron chi connectivity index (χ4n) is 3.34. The lowest BCUT2D eigenvalue weighted by Gasteiger charge is -2.08. The molecule has 4 rings (SSSR count). The van der Waals surface area contributed by atoms with Gasteiger partial charge in [-0.15, -0.1) is 5.10 Å². The van der Waals surface area contributed by atoms with Gasteiger partial charge in [0.1, 0.15) is 23.8 Å². The lowest BCUT2D eigenvalue weighted by Crippen LogP contribution is -2.34. The summed E-state index contributed by atoms with van der Waals surface area (Å²) < 4.78 is 12.4. The molecule has 0 unspecified atom stereocenters. The number of rotatable bonds is 11. The van der Waals surface area contributed by atoms with Crippen molar-refractivity contribution in [3.05, 3.63) is 84.4 Å². The van der Waals surface area contributed by atoms with Crippen molar-refractivity contribution in [3.8, 4) is 28.6 Å². The number of carbonyl (C=O) groups is 2. The van der Waals surface area contributed by atoms with Gasteiger partial charge in [0, 0.05) is 5.56 Å². The lowest BCUT2D eigenvalue weighted by molar-refractivity contribution is -0.625. The standard InChI is InChI=1S/C26H23N5O5S/c1-35-21-13-11-18(12-14-21)25-29-30-26(31(25)20-8-3-2-4-9-20)37-17-23(32)28-27-15-19-7-5-6-10-22(19)36-16-24(33)34/h2-15H,16-17H2,1H3,(H2,28,32,33,34)/b27-15+. The van der Waals surface area contributed by atoms with Gasteiger partial charge >= 0.3 is 5.16 Å². The van der Waals surface area contributed by atoms with E-state index in [4.69, 9.17) is 9.47 Å². The fourth-order valence-corrected chi connectivity index (χ4v) is 4.10. The molecule has 0 fully saturated rings. The summed E-state index contributed by atoms with van der Waals surface area (Å²) in [5.41, 5.74) is 4.76. The first-order chi connectivity index (χ1) is 18.0. The molecule has 1 amide bonds. The van der Waals surface area contributed by atoms with Gasteiger partial charge in [-0.3, -0.25) is 4.79 Å². The first-order valence-electron chi connectivity index (χ1n) is 11.1. The van der Waals surface area contributed by atoms with E-state index in [1.807, 2.05) is 59.2 Å². The average Bonchev–Trinajstić information content (AvgIpc) is 3.36. The third-order valence-electron chi connectivity index (χ3n) is 5.04. The highest BCUT2D eigenvalue weighted by Crippen LogP contribution is 2.22. The topological polar surface area (TPSA) is 133 Å². The van der Waals surface area contributed by atoms with Crippen molar-refractivity contribution in [2.45, 2.75) is 5.16 Å². The first-order valence-corrected chi connectivity index (χ1v) is 12.1. The molecule has 1 aromatic heterocycles. The maximum absolute atomic E-state index is 12.5. The zero-order valence-corrected chi connectivity index (χ0v) is 20.6. The van der Waals surface area contributed by atoms with Gasteiger partial charge in [-0.1, -0.05) is 30.3 Å². The smallest absolute Gasteiger partial charge is 0.342 e. The number of carboxylic acid groups (broad SMARTS) is 1. The number of H-pyrrole nitrogens is 1. The summed E-state index contributed by atoms with van der Waals surface area (Å²) in [5.74, 6) is 0.184. The normalized spacial score (nSPS) is 10.8. The van der Waals surface area contributed by atoms with Gasteiger partial charge < -0.3 is 19.4 Å². The van der Waals surface area contributed by atoms with Crippen LogP contribution in [-0.2, 0) is 9.59 Å². The number of carboxylic acids is 1. The minimum atomic E-state index is -1.33. The van der Waals surface area contributed by atoms with Crippen molar-refractivity contribution in [1.82, 2.24) is 15.6 Å². The van der Waals surface area contributed by atoms with Crippen LogP contribution in [0.4, 0.5) is 0 Å². The molecule has 2 N–H and O–H groups in total. The van der Waals surface area contributed by atoms with Crippen LogP contribution in [0.25, 0.3) is 17.1 Å². The van der Waals surface area contributed by atoms with Crippen LogP contribution in [0.2, 0.25) is 0 Å². The third-order valence-corrected chi connectivity index (χ3v) is 5.98. The van der Waals surface area contributed by atoms with Crippen molar-refractivity contribution in [2.24, 2.45) is 5.10 Å². The van der Waals surface area contributed by atoms with Crippen LogP contribution >= 0.6 is 11.8 Å². The van der Waals surface area contributed by atoms with Crippen molar-refractivity contribution in [2.75, 3.05) is 19.5 Å². The number of para-hydroxylation sites is 2. The maximum atomic E-state index is 12.5. The van der Waals surface area contributed by atoms with E-state index in [-0.39, 0.29) is 11.7 Å². The van der Waals surface area contributed by atoms with Crippen molar-refractivity contribution in [1.29, 1.82) is 0 Å². The number of hydrogen-bond donors (Lipinski definition) is 2. The Balaban J connectivity index is 1.45. The minimum absolute atomic E-state index is 0.0555. The number of nitrogens with one attached hydrogen (secondary N) is 2. The largest absolute Gasteiger partial charge is 0.546 e. The molecular weight excluding hydrogens is 494 g/mol. The van der Waals surface area contributed by atoms with Crippen LogP contribution in [0, 0.1) is 0 Å². The Morgan fingerprint density at radius 3 is 2.54 bits per heavy atom. The molecule has 0 atom stereocenters. The summed E-state index contributed by atoms with van der Waals surface area (Å²) in [7, 11) is 1.61. The average molecular weight is 518 g/mol. The molecule has 0 saturated heterocycles. The number of benzene rings is 3. The Kier molecular flexibility index (Phi) is 8.50. The number of carbonyl (C=O) groups excluding carboxylic acids is 2. The van der Waals surface area contributed by atoms with Gasteiger partial charge in [-0.2, -0.15) is 9.67 Å². The predicted molar refractivity (Wildman–Crippen MR) is 136 cm³/mol. The second-order valence-electron chi connectivity index (χ2n) is 7.53. The highest BCUT2D eigenvalue weighted by atomic mass is 32.2. The molecule has 11 heteroatoms. The van der Waals surface area contributed by atoms with E-state index in [9.17, 15) is 14.7 Å². The zero-order chi connectivity index (χ0) is 26.0. The van der Waals surface area contributed by atoms with Crippen LogP contribution in [0.15, 0.2) is 89.1 Å². The molecule has 0 aliphatic carbocycles. The third kappa shape index (κ3) is 6.73. The van der Waals surface area contributed by atoms with E-state index in [1.165, 1.54) is 18.0 Å². The molecule has 0 saturated carbocycles. The second kappa shape index (κ2) is 12.4. The van der Waals surface area contributed by atoms with Crippen LogP contribution in [0.5, 0.6) is 11.5 Å². The Morgan fingerprint density at radius 1 is 1.08 bits per heavy atom. The summed E-state index contributed by atoms with van der Waals surface area (Å²) in [6, 6.07) is 24.0. The van der Waals surface area contributed by atoms with E-state index >= 15 is 0 Å². The lowest BCUT2D eigenvalue weighted by atomic mass is 10.2. The van der Waals surface area contributed by atoms with E-state index < -0.39 is 12.6 Å². The molecule has 188 valence electrons. The molecule has 0 radical (unpaired) electrons. The Bertz CT molecular complexity index is 1390. The number of ether oxygens (including phenoxy) is 2. The van der Waals surface area contributed by atoms with Gasteiger partial charge in [0.15, 0.2) is 0 Å². The minimum Gasteiger partial charge on any atom is -0.546 e. The van der Waals surface area contributed by atoms with Crippen molar-refractivity contribution < 1.29 is 28.7 Å². The van der Waals surface area contributed by atoms with Gasteiger partial charge in [-0.05, 0) is 60.3 Å². The molecule has 0 spiro atoms. The Hall–Kier alpha value is -4.64. The summed E-state index contributed by atoms with van der Waals surface area (Å²) in [4.78, 5) is 23.1. The molecule has 0 bridgehead atoms. The van der Waals surface area contributed by atoms with E-state index in [2.05, 4.69) is 20.7 Å². The highest BCUT2D eigenvalue weighted by Gasteiger charge is 2.24. The van der Waals surface area contributed by atoms with Gasteiger partial charge in [-0.25, -0.2) is 5.43 Å². The Morgan fingerprint density at radius 2 is 1.81 bits per heavy atom. The second-order valence-corrected chi connectivity index (χ2v) is 8.48. The number of aliphatic carboxylic acids is 1. The molecule has 4 aromatic rings. The van der Waals surface area contributed by atoms with Crippen LogP contribution < -0.4 is 24.6 Å². The van der Waals surface area contributed by atoms with Gasteiger partial charge in [0.05, 0.1) is 35.7 Å². The quantitative estimate of drug-likeness (QED) is 0.134. The van der Waals surface area contributed by atoms with Crippen LogP contribution in [0.1, 0.15) is 5.56 Å². The molecule has 1 heterocycles. The van der Waals surface area contributed by atoms with Crippen molar-refractivity contribution >= 4 is 29.9 Å². The fraction of sp³-hybridized carbons (Fsp3) is 0.115. The van der Waals surface area contributed by atoms with Crippen LogP contribution in [0.3, 0.4) is 0 Å². The van der Waals surface area contributed by atoms with E-state index in [0.29, 0.717) is 16.5 Å². The molecular formula is C26H23N5O5S. The number of methoxy groups -OCH3 is 1. The molecule has 3 aromatic carbocycles. The SMILES string of the molecule is COc1ccc(-c2[nH]nc(SCC(=O)N/N=C/c3ccccc3OCC(=O)[O-])[n+]2-c2ccccc2)cc1. The predicted octanol–water partition coefficient (Wildman–Crippen LogP) is 1.73. The van der Waals surface area contributed by atoms with Crippen LogP contribution in [-0.4, -0.2) is 47.8 Å². The van der Waals surface area contributed by atoms with E-state index in [1.54, 1.807) is 31.4 Å². The number of nitrogens with zero attached hydrogens (tertiary/aromatic N) is 3. The van der Waals surface area contributed by atoms with E-state index in [0.717, 1.165) is 22.8 Å². The number of amides is 1. The summed E-state index contributed by atoms with van der Waals surface area (Å²) in [6.07, 6.45) is 1.38. The number of hydrogen-bond acceptors (Lipinski definition) is 8. The molecule has 0 aliphatic rings. The monoisotopic (exact) mass is 517 g/mol. The maximum Gasteiger partial charge on any atom is 0.342 e. The van der Waals surface area contributed by atoms with Crippen molar-refractivity contribution in [3.63, 3.8) is 0 Å². The first kappa shape index (κ1) is 25.5. The number of aromatic amines is 1. The van der Waals surface area contributed by atoms with Gasteiger partial charge in [0.2, 0.25) is 0 Å². The summed E-state index contributed by atoms with van der Waals surface area (Å²) >= 11 is 1.25. The summed E-state index contributed by atoms with van der Waals surface area (Å²) in [6.45, 7) is -0.586. The number of aromatic nitrogens is 3. The number of hydrazone groups is 1. The number of thioether (sulfide) groups is 1.